The zero-order chi connectivity index (χ0) is 15.6. The molecule has 0 spiro atoms. The van der Waals surface area contributed by atoms with Crippen LogP contribution in [0.4, 0.5) is 5.69 Å². The van der Waals surface area contributed by atoms with Crippen molar-refractivity contribution in [2.75, 3.05) is 11.5 Å². The van der Waals surface area contributed by atoms with Crippen LogP contribution >= 0.6 is 0 Å². The van der Waals surface area contributed by atoms with Crippen molar-refractivity contribution in [1.29, 1.82) is 0 Å². The van der Waals surface area contributed by atoms with E-state index >= 15 is 0 Å². The maximum Gasteiger partial charge on any atom is 0.215 e. The molecule has 0 unspecified atom stereocenters. The molecular weight excluding hydrogens is 272 g/mol. The Morgan fingerprint density at radius 1 is 1.15 bits per heavy atom. The van der Waals surface area contributed by atoms with Gasteiger partial charge in [0.25, 0.3) is 0 Å². The lowest BCUT2D eigenvalue weighted by Gasteiger charge is -2.29. The predicted octanol–water partition coefficient (Wildman–Crippen LogP) is 2.86. The van der Waals surface area contributed by atoms with Gasteiger partial charge in [0.15, 0.2) is 0 Å². The summed E-state index contributed by atoms with van der Waals surface area (Å²) in [7, 11) is -3.29. The van der Waals surface area contributed by atoms with Gasteiger partial charge in [-0.25, -0.2) is 8.42 Å². The minimum Gasteiger partial charge on any atom is -0.399 e. The van der Waals surface area contributed by atoms with E-state index in [0.29, 0.717) is 12.2 Å². The van der Waals surface area contributed by atoms with Crippen LogP contribution in [-0.2, 0) is 16.6 Å². The average molecular weight is 298 g/mol. The first-order valence-corrected chi connectivity index (χ1v) is 8.46. The van der Waals surface area contributed by atoms with Crippen LogP contribution in [0.5, 0.6) is 0 Å². The summed E-state index contributed by atoms with van der Waals surface area (Å²) >= 11 is 0. The molecule has 0 amide bonds. The Bertz CT molecular complexity index is 528. The van der Waals surface area contributed by atoms with E-state index in [1.807, 2.05) is 46.8 Å². The second-order valence-electron chi connectivity index (χ2n) is 6.70. The predicted molar refractivity (Wildman–Crippen MR) is 84.8 cm³/mol. The fourth-order valence-electron chi connectivity index (χ4n) is 2.04. The van der Waals surface area contributed by atoms with Crippen molar-refractivity contribution in [2.45, 2.75) is 47.2 Å². The van der Waals surface area contributed by atoms with Gasteiger partial charge >= 0.3 is 0 Å². The molecule has 0 heterocycles. The molecule has 0 aliphatic rings. The van der Waals surface area contributed by atoms with Crippen LogP contribution in [0.2, 0.25) is 0 Å². The zero-order valence-electron chi connectivity index (χ0n) is 13.1. The van der Waals surface area contributed by atoms with E-state index in [1.165, 1.54) is 0 Å². The van der Waals surface area contributed by atoms with E-state index in [9.17, 15) is 8.42 Å². The molecule has 0 bridgehead atoms. The first kappa shape index (κ1) is 17.0. The van der Waals surface area contributed by atoms with Gasteiger partial charge in [-0.05, 0) is 37.0 Å². The SMILES string of the molecule is CC(C)N(Cc1ccc(N)cc1)S(=O)(=O)CC(C)(C)C. The van der Waals surface area contributed by atoms with Crippen molar-refractivity contribution >= 4 is 15.7 Å². The molecule has 0 aliphatic carbocycles. The maximum absolute atomic E-state index is 12.6. The number of nitrogen functional groups attached to an aromatic ring is 1. The van der Waals surface area contributed by atoms with Crippen molar-refractivity contribution in [2.24, 2.45) is 5.41 Å². The first-order valence-electron chi connectivity index (χ1n) is 6.85. The van der Waals surface area contributed by atoms with Crippen molar-refractivity contribution in [3.63, 3.8) is 0 Å². The van der Waals surface area contributed by atoms with E-state index < -0.39 is 10.0 Å². The fourth-order valence-corrected chi connectivity index (χ4v) is 4.28. The van der Waals surface area contributed by atoms with Crippen LogP contribution in [0.1, 0.15) is 40.2 Å². The first-order chi connectivity index (χ1) is 9.01. The van der Waals surface area contributed by atoms with Crippen molar-refractivity contribution in [1.82, 2.24) is 4.31 Å². The molecule has 0 aromatic heterocycles. The van der Waals surface area contributed by atoms with Crippen LogP contribution in [0.25, 0.3) is 0 Å². The van der Waals surface area contributed by atoms with Crippen LogP contribution in [-0.4, -0.2) is 24.5 Å². The summed E-state index contributed by atoms with van der Waals surface area (Å²) in [6.07, 6.45) is 0. The highest BCUT2D eigenvalue weighted by atomic mass is 32.2. The summed E-state index contributed by atoms with van der Waals surface area (Å²) in [5, 5.41) is 0. The van der Waals surface area contributed by atoms with E-state index in [1.54, 1.807) is 16.4 Å². The number of nitrogens with two attached hydrogens (primary N) is 1. The molecule has 0 fully saturated rings. The molecule has 1 aromatic carbocycles. The minimum atomic E-state index is -3.29. The molecule has 114 valence electrons. The van der Waals surface area contributed by atoms with Crippen molar-refractivity contribution in [3.05, 3.63) is 29.8 Å². The lowest BCUT2D eigenvalue weighted by atomic mass is 10.0. The third-order valence-electron chi connectivity index (χ3n) is 2.87. The Labute approximate surface area is 123 Å². The van der Waals surface area contributed by atoms with Gasteiger partial charge in [-0.15, -0.1) is 0 Å². The Morgan fingerprint density at radius 2 is 1.65 bits per heavy atom. The Hall–Kier alpha value is -1.07. The average Bonchev–Trinajstić information content (AvgIpc) is 2.24. The number of rotatable bonds is 5. The molecule has 0 aliphatic heterocycles. The highest BCUT2D eigenvalue weighted by molar-refractivity contribution is 7.89. The van der Waals surface area contributed by atoms with Crippen LogP contribution in [0.15, 0.2) is 24.3 Å². The number of hydrogen-bond acceptors (Lipinski definition) is 3. The van der Waals surface area contributed by atoms with Crippen LogP contribution in [0.3, 0.4) is 0 Å². The molecule has 2 N–H and O–H groups in total. The Morgan fingerprint density at radius 3 is 2.05 bits per heavy atom. The largest absolute Gasteiger partial charge is 0.399 e. The number of sulfonamides is 1. The summed E-state index contributed by atoms with van der Waals surface area (Å²) in [4.78, 5) is 0. The van der Waals surface area contributed by atoms with E-state index in [0.717, 1.165) is 5.56 Å². The monoisotopic (exact) mass is 298 g/mol. The van der Waals surface area contributed by atoms with E-state index in [2.05, 4.69) is 0 Å². The fraction of sp³-hybridized carbons (Fsp3) is 0.600. The summed E-state index contributed by atoms with van der Waals surface area (Å²) < 4.78 is 26.7. The molecule has 0 saturated heterocycles. The molecule has 5 heteroatoms. The number of hydrogen-bond donors (Lipinski definition) is 1. The summed E-state index contributed by atoms with van der Waals surface area (Å²) in [5.74, 6) is 0.146. The molecule has 1 aromatic rings. The zero-order valence-corrected chi connectivity index (χ0v) is 13.9. The van der Waals surface area contributed by atoms with Gasteiger partial charge in [0.2, 0.25) is 10.0 Å². The Kier molecular flexibility index (Phi) is 5.21. The third-order valence-corrected chi connectivity index (χ3v) is 5.36. The molecule has 1 rings (SSSR count). The smallest absolute Gasteiger partial charge is 0.215 e. The molecule has 0 atom stereocenters. The van der Waals surface area contributed by atoms with Gasteiger partial charge in [-0.2, -0.15) is 4.31 Å². The number of nitrogens with zero attached hydrogens (tertiary/aromatic N) is 1. The second kappa shape index (κ2) is 6.14. The maximum atomic E-state index is 12.6. The third kappa shape index (κ3) is 5.13. The molecular formula is C15H26N2O2S. The van der Waals surface area contributed by atoms with Crippen molar-refractivity contribution < 1.29 is 8.42 Å². The van der Waals surface area contributed by atoms with Gasteiger partial charge in [0.05, 0.1) is 5.75 Å². The Balaban J connectivity index is 2.97. The molecule has 0 saturated carbocycles. The highest BCUT2D eigenvalue weighted by Gasteiger charge is 2.29. The van der Waals surface area contributed by atoms with Crippen molar-refractivity contribution in [3.8, 4) is 0 Å². The normalized spacial score (nSPS) is 13.2. The van der Waals surface area contributed by atoms with E-state index in [-0.39, 0.29) is 17.2 Å². The van der Waals surface area contributed by atoms with Crippen LogP contribution in [0, 0.1) is 5.41 Å². The standard InChI is InChI=1S/C15H26N2O2S/c1-12(2)17(20(18,19)11-15(3,4)5)10-13-6-8-14(16)9-7-13/h6-9,12H,10-11,16H2,1-5H3. The quantitative estimate of drug-likeness (QED) is 0.850. The second-order valence-corrected chi connectivity index (χ2v) is 8.62. The van der Waals surface area contributed by atoms with Crippen LogP contribution < -0.4 is 5.73 Å². The summed E-state index contributed by atoms with van der Waals surface area (Å²) in [6, 6.07) is 7.27. The number of benzene rings is 1. The molecule has 0 radical (unpaired) electrons. The lowest BCUT2D eigenvalue weighted by molar-refractivity contribution is 0.337. The molecule has 20 heavy (non-hydrogen) atoms. The van der Waals surface area contributed by atoms with Gasteiger partial charge in [0.1, 0.15) is 0 Å². The summed E-state index contributed by atoms with van der Waals surface area (Å²) in [6.45, 7) is 10.00. The topological polar surface area (TPSA) is 63.4 Å². The highest BCUT2D eigenvalue weighted by Crippen LogP contribution is 2.22. The van der Waals surface area contributed by atoms with Gasteiger partial charge in [0, 0.05) is 18.3 Å². The summed E-state index contributed by atoms with van der Waals surface area (Å²) in [5.41, 5.74) is 7.03. The number of anilines is 1. The molecule has 4 nitrogen and oxygen atoms in total. The van der Waals surface area contributed by atoms with Gasteiger partial charge in [-0.1, -0.05) is 32.9 Å². The van der Waals surface area contributed by atoms with Gasteiger partial charge < -0.3 is 5.73 Å². The van der Waals surface area contributed by atoms with Gasteiger partial charge in [-0.3, -0.25) is 0 Å². The van der Waals surface area contributed by atoms with E-state index in [4.69, 9.17) is 5.73 Å². The minimum absolute atomic E-state index is 0.0695. The lowest BCUT2D eigenvalue weighted by Crippen LogP contribution is -2.40.